The highest BCUT2D eigenvalue weighted by Crippen LogP contribution is 2.36. The van der Waals surface area contributed by atoms with Crippen molar-refractivity contribution in [3.8, 4) is 5.88 Å². The fourth-order valence-electron chi connectivity index (χ4n) is 2.90. The van der Waals surface area contributed by atoms with Crippen molar-refractivity contribution in [2.75, 3.05) is 11.9 Å². The van der Waals surface area contributed by atoms with Gasteiger partial charge in [0.15, 0.2) is 0 Å². The number of anilines is 1. The van der Waals surface area contributed by atoms with Crippen LogP contribution in [-0.4, -0.2) is 27.0 Å². The maximum absolute atomic E-state index is 6.17. The first-order valence-electron chi connectivity index (χ1n) is 7.82. The second-order valence-corrected chi connectivity index (χ2v) is 6.60. The van der Waals surface area contributed by atoms with Crippen LogP contribution in [0.2, 0.25) is 0 Å². The molecule has 0 spiro atoms. The lowest BCUT2D eigenvalue weighted by Gasteiger charge is -2.34. The first kappa shape index (κ1) is 14.2. The Hall–Kier alpha value is -1.78. The predicted octanol–water partition coefficient (Wildman–Crippen LogP) is 3.51. The van der Waals surface area contributed by atoms with Gasteiger partial charge in [0.25, 0.3) is 5.88 Å². The summed E-state index contributed by atoms with van der Waals surface area (Å²) in [6.45, 7) is 7.56. The third kappa shape index (κ3) is 3.12. The lowest BCUT2D eigenvalue weighted by Crippen LogP contribution is -2.28. The van der Waals surface area contributed by atoms with Gasteiger partial charge in [-0.1, -0.05) is 13.8 Å². The van der Waals surface area contributed by atoms with E-state index in [-0.39, 0.29) is 6.10 Å². The highest BCUT2D eigenvalue weighted by Gasteiger charge is 2.28. The molecule has 1 saturated carbocycles. The van der Waals surface area contributed by atoms with Crippen molar-refractivity contribution in [2.24, 2.45) is 5.41 Å². The maximum Gasteiger partial charge on any atom is 0.260 e. The number of hydrogen-bond donors (Lipinski definition) is 1. The van der Waals surface area contributed by atoms with E-state index >= 15 is 0 Å². The molecule has 1 fully saturated rings. The summed E-state index contributed by atoms with van der Waals surface area (Å²) < 4.78 is 8.14. The van der Waals surface area contributed by atoms with Crippen molar-refractivity contribution >= 4 is 11.5 Å². The Morgan fingerprint density at radius 1 is 1.38 bits per heavy atom. The van der Waals surface area contributed by atoms with E-state index < -0.39 is 0 Å². The van der Waals surface area contributed by atoms with Gasteiger partial charge < -0.3 is 10.1 Å². The molecular weight excluding hydrogens is 264 g/mol. The van der Waals surface area contributed by atoms with Gasteiger partial charge in [0.2, 0.25) is 5.65 Å². The first-order chi connectivity index (χ1) is 10.1. The van der Waals surface area contributed by atoms with Gasteiger partial charge in [0.05, 0.1) is 6.20 Å². The molecule has 0 aliphatic heterocycles. The molecule has 2 aromatic heterocycles. The van der Waals surface area contributed by atoms with E-state index in [9.17, 15) is 0 Å². The number of fused-ring (bicyclic) bond motifs is 1. The Balaban J connectivity index is 1.81. The summed E-state index contributed by atoms with van der Waals surface area (Å²) >= 11 is 0. The Morgan fingerprint density at radius 3 is 2.86 bits per heavy atom. The molecule has 0 amide bonds. The molecule has 2 aromatic rings. The van der Waals surface area contributed by atoms with E-state index in [0.29, 0.717) is 11.3 Å². The van der Waals surface area contributed by atoms with E-state index in [1.54, 1.807) is 6.20 Å². The van der Waals surface area contributed by atoms with Crippen molar-refractivity contribution in [1.82, 2.24) is 14.4 Å². The molecule has 114 valence electrons. The van der Waals surface area contributed by atoms with E-state index in [0.717, 1.165) is 30.9 Å². The lowest BCUT2D eigenvalue weighted by atomic mass is 9.76. The van der Waals surface area contributed by atoms with E-state index in [4.69, 9.17) is 4.74 Å². The number of rotatable bonds is 4. The summed E-state index contributed by atoms with van der Waals surface area (Å²) in [5, 5.41) is 3.24. The molecule has 0 unspecified atom stereocenters. The molecule has 0 bridgehead atoms. The highest BCUT2D eigenvalue weighted by atomic mass is 16.5. The van der Waals surface area contributed by atoms with Crippen LogP contribution in [0.25, 0.3) is 5.65 Å². The number of nitrogens with zero attached hydrogens (tertiary/aromatic N) is 3. The molecule has 0 radical (unpaired) electrons. The van der Waals surface area contributed by atoms with E-state index in [2.05, 4.69) is 36.1 Å². The molecule has 1 aliphatic carbocycles. The van der Waals surface area contributed by atoms with Crippen LogP contribution in [0.4, 0.5) is 5.82 Å². The van der Waals surface area contributed by atoms with Gasteiger partial charge in [-0.3, -0.25) is 4.40 Å². The quantitative estimate of drug-likeness (QED) is 0.935. The minimum Gasteiger partial charge on any atom is -0.472 e. The van der Waals surface area contributed by atoms with Crippen LogP contribution >= 0.6 is 0 Å². The monoisotopic (exact) mass is 288 g/mol. The zero-order valence-electron chi connectivity index (χ0n) is 13.1. The van der Waals surface area contributed by atoms with Crippen molar-refractivity contribution < 1.29 is 4.74 Å². The molecule has 0 atom stereocenters. The van der Waals surface area contributed by atoms with E-state index in [1.165, 1.54) is 12.8 Å². The lowest BCUT2D eigenvalue weighted by molar-refractivity contribution is 0.0959. The fraction of sp³-hybridized carbons (Fsp3) is 0.625. The van der Waals surface area contributed by atoms with Crippen molar-refractivity contribution in [1.29, 1.82) is 0 Å². The van der Waals surface area contributed by atoms with Gasteiger partial charge >= 0.3 is 0 Å². The second kappa shape index (κ2) is 5.54. The zero-order valence-corrected chi connectivity index (χ0v) is 13.1. The zero-order chi connectivity index (χ0) is 14.9. The number of imidazole rings is 1. The Kier molecular flexibility index (Phi) is 3.74. The second-order valence-electron chi connectivity index (χ2n) is 6.60. The Labute approximate surface area is 125 Å². The first-order valence-corrected chi connectivity index (χ1v) is 7.82. The number of nitrogens with one attached hydrogen (secondary N) is 1. The van der Waals surface area contributed by atoms with Crippen LogP contribution in [0.1, 0.15) is 46.5 Å². The third-order valence-corrected chi connectivity index (χ3v) is 4.27. The minimum absolute atomic E-state index is 0.253. The van der Waals surface area contributed by atoms with Crippen molar-refractivity contribution in [3.05, 3.63) is 18.6 Å². The molecule has 0 saturated heterocycles. The minimum atomic E-state index is 0.253. The summed E-state index contributed by atoms with van der Waals surface area (Å²) in [5.41, 5.74) is 1.24. The number of ether oxygens (including phenoxy) is 1. The van der Waals surface area contributed by atoms with Crippen LogP contribution in [0, 0.1) is 5.41 Å². The van der Waals surface area contributed by atoms with Crippen molar-refractivity contribution in [2.45, 2.75) is 52.6 Å². The highest BCUT2D eigenvalue weighted by molar-refractivity contribution is 5.53. The van der Waals surface area contributed by atoms with Gasteiger partial charge in [-0.2, -0.15) is 4.98 Å². The van der Waals surface area contributed by atoms with Gasteiger partial charge in [0.1, 0.15) is 11.9 Å². The Bertz CT molecular complexity index is 610. The van der Waals surface area contributed by atoms with Crippen LogP contribution in [0.15, 0.2) is 18.6 Å². The van der Waals surface area contributed by atoms with Gasteiger partial charge in [0, 0.05) is 18.9 Å². The summed E-state index contributed by atoms with van der Waals surface area (Å²) in [6, 6.07) is 0. The summed E-state index contributed by atoms with van der Waals surface area (Å²) in [6.07, 6.45) is 10.5. The van der Waals surface area contributed by atoms with Crippen LogP contribution in [-0.2, 0) is 0 Å². The largest absolute Gasteiger partial charge is 0.472 e. The molecule has 3 rings (SSSR count). The van der Waals surface area contributed by atoms with Crippen molar-refractivity contribution in [3.63, 3.8) is 0 Å². The standard InChI is InChI=1S/C16H24N4O/c1-4-17-13-11-20-10-9-18-14(20)15(19-13)21-12-5-7-16(2,3)8-6-12/h9-12,17H,4-8H2,1-3H3. The number of aromatic nitrogens is 3. The normalized spacial score (nSPS) is 18.8. The van der Waals surface area contributed by atoms with Gasteiger partial charge in [-0.25, -0.2) is 4.98 Å². The van der Waals surface area contributed by atoms with Gasteiger partial charge in [-0.15, -0.1) is 0 Å². The predicted molar refractivity (Wildman–Crippen MR) is 83.8 cm³/mol. The molecule has 0 aromatic carbocycles. The smallest absolute Gasteiger partial charge is 0.260 e. The summed E-state index contributed by atoms with van der Waals surface area (Å²) in [4.78, 5) is 8.94. The average Bonchev–Trinajstić information content (AvgIpc) is 2.90. The molecule has 1 aliphatic rings. The molecule has 5 heteroatoms. The summed E-state index contributed by atoms with van der Waals surface area (Å²) in [5.74, 6) is 1.47. The summed E-state index contributed by atoms with van der Waals surface area (Å²) in [7, 11) is 0. The maximum atomic E-state index is 6.17. The van der Waals surface area contributed by atoms with Gasteiger partial charge in [-0.05, 0) is 38.0 Å². The molecule has 21 heavy (non-hydrogen) atoms. The average molecular weight is 288 g/mol. The molecule has 2 heterocycles. The van der Waals surface area contributed by atoms with E-state index in [1.807, 2.05) is 16.8 Å². The van der Waals surface area contributed by atoms with Crippen LogP contribution in [0.3, 0.4) is 0 Å². The number of hydrogen-bond acceptors (Lipinski definition) is 4. The third-order valence-electron chi connectivity index (χ3n) is 4.27. The molecule has 1 N–H and O–H groups in total. The Morgan fingerprint density at radius 2 is 2.14 bits per heavy atom. The topological polar surface area (TPSA) is 51.5 Å². The molecule has 5 nitrogen and oxygen atoms in total. The SMILES string of the molecule is CCNc1cn2ccnc2c(OC2CCC(C)(C)CC2)n1. The van der Waals surface area contributed by atoms with Crippen LogP contribution < -0.4 is 10.1 Å². The van der Waals surface area contributed by atoms with Crippen LogP contribution in [0.5, 0.6) is 5.88 Å². The fourth-order valence-corrected chi connectivity index (χ4v) is 2.90. The molecular formula is C16H24N4O.